The van der Waals surface area contributed by atoms with Crippen LogP contribution >= 0.6 is 0 Å². The zero-order valence-corrected chi connectivity index (χ0v) is 36.3. The van der Waals surface area contributed by atoms with Crippen molar-refractivity contribution in [2.75, 3.05) is 44.0 Å². The van der Waals surface area contributed by atoms with Crippen LogP contribution in [0.25, 0.3) is 66.1 Å². The second-order valence-corrected chi connectivity index (χ2v) is 17.2. The van der Waals surface area contributed by atoms with Gasteiger partial charge in [-0.25, -0.2) is 0 Å². The van der Waals surface area contributed by atoms with E-state index in [9.17, 15) is 0 Å². The van der Waals surface area contributed by atoms with Crippen LogP contribution in [0.2, 0.25) is 0 Å². The maximum absolute atomic E-state index is 5.65. The number of pyridine rings is 1. The number of hydrogen-bond donors (Lipinski definition) is 2. The monoisotopic (exact) mass is 834 g/mol. The number of benzene rings is 4. The van der Waals surface area contributed by atoms with Gasteiger partial charge in [0.1, 0.15) is 0 Å². The molecule has 5 aromatic heterocycles. The summed E-state index contributed by atoms with van der Waals surface area (Å²) in [6, 6.07) is 31.1. The van der Waals surface area contributed by atoms with E-state index in [4.69, 9.17) is 9.72 Å². The number of nitrogens with one attached hydrogen (secondary N) is 2. The van der Waals surface area contributed by atoms with Crippen molar-refractivity contribution in [1.29, 1.82) is 0 Å². The van der Waals surface area contributed by atoms with Crippen molar-refractivity contribution >= 4 is 55.2 Å². The summed E-state index contributed by atoms with van der Waals surface area (Å²) in [5.41, 5.74) is 13.9. The number of nitrogens with zero attached hydrogens (tertiary/aromatic N) is 8. The first-order chi connectivity index (χ1) is 30.9. The molecule has 0 amide bonds. The van der Waals surface area contributed by atoms with Crippen LogP contribution in [-0.2, 0) is 18.8 Å². The zero-order valence-electron chi connectivity index (χ0n) is 36.3. The highest BCUT2D eigenvalue weighted by Gasteiger charge is 2.26. The fourth-order valence-electron chi connectivity index (χ4n) is 9.53. The van der Waals surface area contributed by atoms with Crippen molar-refractivity contribution in [3.8, 4) is 22.3 Å². The Kier molecular flexibility index (Phi) is 11.5. The third-order valence-electron chi connectivity index (χ3n) is 13.1. The molecule has 0 saturated carbocycles. The summed E-state index contributed by atoms with van der Waals surface area (Å²) in [5, 5.41) is 10.00. The van der Waals surface area contributed by atoms with Crippen LogP contribution in [0.1, 0.15) is 43.7 Å². The first kappa shape index (κ1) is 40.4. The second kappa shape index (κ2) is 18.0. The summed E-state index contributed by atoms with van der Waals surface area (Å²) in [7, 11) is 6.40. The van der Waals surface area contributed by atoms with Crippen LogP contribution in [0.5, 0.6) is 0 Å². The van der Waals surface area contributed by atoms with E-state index in [1.54, 1.807) is 24.8 Å². The number of anilines is 2. The Morgan fingerprint density at radius 2 is 1.27 bits per heavy atom. The number of aromatic nitrogens is 7. The predicted octanol–water partition coefficient (Wildman–Crippen LogP) is 10.4. The minimum atomic E-state index is 0.148. The number of ether oxygens (including phenoxy) is 1. The number of piperidine rings is 1. The third kappa shape index (κ3) is 8.59. The molecule has 0 radical (unpaired) electrons. The smallest absolute Gasteiger partial charge is 0.0966 e. The molecular weight excluding hydrogens is 781 g/mol. The van der Waals surface area contributed by atoms with Crippen molar-refractivity contribution in [1.82, 2.24) is 39.0 Å². The van der Waals surface area contributed by atoms with Crippen LogP contribution in [-0.4, -0.2) is 78.3 Å². The fourth-order valence-corrected chi connectivity index (χ4v) is 9.53. The molecule has 2 N–H and O–H groups in total. The highest BCUT2D eigenvalue weighted by molar-refractivity contribution is 5.98. The lowest BCUT2D eigenvalue weighted by Crippen LogP contribution is -2.40. The molecular formula is C52H54N10O. The Morgan fingerprint density at radius 3 is 1.89 bits per heavy atom. The summed E-state index contributed by atoms with van der Waals surface area (Å²) in [6.07, 6.45) is 21.0. The number of likely N-dealkylation sites (N-methyl/N-ethyl adjacent to an activating group) is 1. The minimum Gasteiger partial charge on any atom is -0.383 e. The van der Waals surface area contributed by atoms with Gasteiger partial charge < -0.3 is 29.4 Å². The van der Waals surface area contributed by atoms with Crippen molar-refractivity contribution < 1.29 is 4.74 Å². The molecule has 2 aliphatic rings. The van der Waals surface area contributed by atoms with Crippen LogP contribution in [0.3, 0.4) is 0 Å². The molecule has 63 heavy (non-hydrogen) atoms. The van der Waals surface area contributed by atoms with E-state index in [-0.39, 0.29) is 6.04 Å². The van der Waals surface area contributed by atoms with Gasteiger partial charge in [0.2, 0.25) is 0 Å². The molecule has 2 aliphatic heterocycles. The number of fused-ring (bicyclic) bond motifs is 4. The van der Waals surface area contributed by atoms with Crippen LogP contribution in [0.15, 0.2) is 135 Å². The quantitative estimate of drug-likeness (QED) is 0.147. The van der Waals surface area contributed by atoms with Crippen LogP contribution in [0, 0.1) is 5.92 Å². The molecule has 0 bridgehead atoms. The molecule has 11 heteroatoms. The Hall–Kier alpha value is -6.69. The van der Waals surface area contributed by atoms with Crippen molar-refractivity contribution in [3.05, 3.63) is 140 Å². The molecule has 7 heterocycles. The van der Waals surface area contributed by atoms with E-state index in [0.29, 0.717) is 12.0 Å². The molecule has 11 nitrogen and oxygen atoms in total. The fraction of sp³-hybridized carbons (Fsp3) is 0.288. The van der Waals surface area contributed by atoms with Crippen LogP contribution in [0.4, 0.5) is 11.4 Å². The summed E-state index contributed by atoms with van der Waals surface area (Å²) < 4.78 is 9.96. The van der Waals surface area contributed by atoms with E-state index >= 15 is 0 Å². The first-order valence-corrected chi connectivity index (χ1v) is 22.2. The molecule has 2 atom stereocenters. The van der Waals surface area contributed by atoms with E-state index in [1.807, 2.05) is 18.5 Å². The largest absolute Gasteiger partial charge is 0.383 e. The SMILES string of the molecule is CN1CCCCC1CNc1cc(-c2ccc3ccn(C)c3c2)c2nccnc2c1.Cn1ccc2ccc(-c3cc(NC(c4cccnc4)C4CCOCC4)cc4nccnc34)cc21. The van der Waals surface area contributed by atoms with Gasteiger partial charge in [-0.2, -0.15) is 0 Å². The van der Waals surface area contributed by atoms with E-state index in [2.05, 4.69) is 157 Å². The molecule has 2 saturated heterocycles. The average Bonchev–Trinajstić information content (AvgIpc) is 3.90. The Balaban J connectivity index is 0.000000152. The van der Waals surface area contributed by atoms with Crippen molar-refractivity contribution in [3.63, 3.8) is 0 Å². The third-order valence-corrected chi connectivity index (χ3v) is 13.1. The van der Waals surface area contributed by atoms with E-state index < -0.39 is 0 Å². The maximum Gasteiger partial charge on any atom is 0.0966 e. The molecule has 4 aromatic carbocycles. The van der Waals surface area contributed by atoms with Gasteiger partial charge in [-0.15, -0.1) is 0 Å². The predicted molar refractivity (Wildman–Crippen MR) is 256 cm³/mol. The molecule has 2 unspecified atom stereocenters. The Labute approximate surface area is 368 Å². The van der Waals surface area contributed by atoms with Gasteiger partial charge in [-0.05, 0) is 127 Å². The van der Waals surface area contributed by atoms with E-state index in [0.717, 1.165) is 82.7 Å². The average molecular weight is 835 g/mol. The molecule has 0 spiro atoms. The van der Waals surface area contributed by atoms with E-state index in [1.165, 1.54) is 58.7 Å². The number of hydrogen-bond acceptors (Lipinski definition) is 9. The first-order valence-electron chi connectivity index (χ1n) is 22.2. The molecule has 318 valence electrons. The lowest BCUT2D eigenvalue weighted by molar-refractivity contribution is 0.0605. The van der Waals surface area contributed by atoms with Gasteiger partial charge in [0, 0.05) is 123 Å². The highest BCUT2D eigenvalue weighted by atomic mass is 16.5. The van der Waals surface area contributed by atoms with Crippen LogP contribution < -0.4 is 10.6 Å². The van der Waals surface area contributed by atoms with Gasteiger partial charge in [-0.3, -0.25) is 24.9 Å². The Morgan fingerprint density at radius 1 is 0.651 bits per heavy atom. The highest BCUT2D eigenvalue weighted by Crippen LogP contribution is 2.37. The van der Waals surface area contributed by atoms with Crippen molar-refractivity contribution in [2.45, 2.75) is 44.2 Å². The van der Waals surface area contributed by atoms with Gasteiger partial charge >= 0.3 is 0 Å². The summed E-state index contributed by atoms with van der Waals surface area (Å²) >= 11 is 0. The standard InChI is InChI=1S/C28H27N5O.C24H27N5/c1-33-12-6-19-4-5-21(15-26(19)33)24-16-23(17-25-28(24)31-11-10-30-25)32-27(20-7-13-34-14-8-20)22-3-2-9-29-18-22;1-28-11-4-3-5-20(28)16-27-19-14-21(24-22(15-19)25-9-10-26-24)18-7-6-17-8-12-29(2)23(17)13-18/h2-6,9-12,15-18,20,27,32H,7-8,13-14H2,1H3;6-10,12-15,20,27H,3-5,11,16H2,1-2H3. The normalized spacial score (nSPS) is 16.6. The molecule has 11 rings (SSSR count). The summed E-state index contributed by atoms with van der Waals surface area (Å²) in [6.45, 7) is 3.75. The topological polar surface area (TPSA) is 111 Å². The second-order valence-electron chi connectivity index (χ2n) is 17.2. The molecule has 0 aliphatic carbocycles. The summed E-state index contributed by atoms with van der Waals surface area (Å²) in [5.74, 6) is 0.471. The van der Waals surface area contributed by atoms with Gasteiger partial charge in [0.05, 0.1) is 28.1 Å². The Bertz CT molecular complexity index is 3010. The lowest BCUT2D eigenvalue weighted by atomic mass is 9.87. The summed E-state index contributed by atoms with van der Waals surface area (Å²) in [4.78, 5) is 25.4. The lowest BCUT2D eigenvalue weighted by Gasteiger charge is -2.32. The zero-order chi connectivity index (χ0) is 42.7. The molecule has 2 fully saturated rings. The minimum absolute atomic E-state index is 0.148. The number of rotatable bonds is 9. The van der Waals surface area contributed by atoms with Crippen molar-refractivity contribution in [2.24, 2.45) is 20.0 Å². The molecule has 9 aromatic rings. The number of aryl methyl sites for hydroxylation is 2. The van der Waals surface area contributed by atoms with Gasteiger partial charge in [-0.1, -0.05) is 36.8 Å². The number of likely N-dealkylation sites (tertiary alicyclic amines) is 1. The van der Waals surface area contributed by atoms with Gasteiger partial charge in [0.25, 0.3) is 0 Å². The maximum atomic E-state index is 5.65. The van der Waals surface area contributed by atoms with Gasteiger partial charge in [0.15, 0.2) is 0 Å².